The molecule has 1 fully saturated rings. The maximum atomic E-state index is 10.4. The van der Waals surface area contributed by atoms with Gasteiger partial charge in [-0.1, -0.05) is 37.6 Å². The first-order valence-electron chi connectivity index (χ1n) is 6.62. The molecule has 0 aromatic heterocycles. The minimum absolute atomic E-state index is 0.0948. The lowest BCUT2D eigenvalue weighted by Crippen LogP contribution is -2.51. The van der Waals surface area contributed by atoms with Gasteiger partial charge in [-0.15, -0.1) is 0 Å². The number of benzene rings is 1. The van der Waals surface area contributed by atoms with Gasteiger partial charge in [0.05, 0.1) is 18.8 Å². The van der Waals surface area contributed by atoms with E-state index in [1.165, 1.54) is 0 Å². The predicted octanol–water partition coefficient (Wildman–Crippen LogP) is 2.85. The highest BCUT2D eigenvalue weighted by Gasteiger charge is 2.40. The van der Waals surface area contributed by atoms with Crippen molar-refractivity contribution in [3.05, 3.63) is 34.9 Å². The Morgan fingerprint density at radius 1 is 1.37 bits per heavy atom. The number of halogens is 1. The Kier molecular flexibility index (Phi) is 4.85. The Morgan fingerprint density at radius 3 is 2.58 bits per heavy atom. The summed E-state index contributed by atoms with van der Waals surface area (Å²) in [5, 5.41) is 11.1. The third-order valence-corrected chi connectivity index (χ3v) is 4.20. The zero-order valence-corrected chi connectivity index (χ0v) is 12.3. The molecule has 1 saturated heterocycles. The average molecular weight is 285 g/mol. The van der Waals surface area contributed by atoms with Crippen LogP contribution >= 0.6 is 11.6 Å². The molecule has 0 amide bonds. The molecule has 2 rings (SSSR count). The van der Waals surface area contributed by atoms with Gasteiger partial charge in [0.15, 0.2) is 0 Å². The van der Waals surface area contributed by atoms with Crippen LogP contribution in [0.15, 0.2) is 24.3 Å². The molecule has 0 aliphatic carbocycles. The highest BCUT2D eigenvalue weighted by molar-refractivity contribution is 6.30. The van der Waals surface area contributed by atoms with Gasteiger partial charge < -0.3 is 14.6 Å². The van der Waals surface area contributed by atoms with Gasteiger partial charge in [-0.05, 0) is 17.7 Å². The van der Waals surface area contributed by atoms with Crippen molar-refractivity contribution in [2.45, 2.75) is 38.1 Å². The standard InChI is InChI=1S/C15H21ClO3/c1-9-8-19-15(13(17)14(9)18-3)10(2)11-4-6-12(16)7-5-11/h4-7,9-10,13-15,17H,8H2,1-3H3. The number of methoxy groups -OCH3 is 1. The molecule has 1 heterocycles. The first kappa shape index (κ1) is 14.8. The third-order valence-electron chi connectivity index (χ3n) is 3.95. The molecule has 3 nitrogen and oxygen atoms in total. The number of rotatable bonds is 3. The third kappa shape index (κ3) is 3.11. The van der Waals surface area contributed by atoms with Crippen molar-refractivity contribution in [1.82, 2.24) is 0 Å². The molecular weight excluding hydrogens is 264 g/mol. The van der Waals surface area contributed by atoms with E-state index in [-0.39, 0.29) is 24.0 Å². The molecule has 1 aliphatic heterocycles. The maximum Gasteiger partial charge on any atom is 0.107 e. The Labute approximate surface area is 119 Å². The summed E-state index contributed by atoms with van der Waals surface area (Å²) in [5.41, 5.74) is 1.11. The first-order valence-corrected chi connectivity index (χ1v) is 7.00. The van der Waals surface area contributed by atoms with Crippen LogP contribution in [0.5, 0.6) is 0 Å². The molecule has 5 unspecified atom stereocenters. The summed E-state index contributed by atoms with van der Waals surface area (Å²) < 4.78 is 11.2. The van der Waals surface area contributed by atoms with Crippen molar-refractivity contribution < 1.29 is 14.6 Å². The lowest BCUT2D eigenvalue weighted by molar-refractivity contribution is -0.175. The van der Waals surface area contributed by atoms with E-state index in [2.05, 4.69) is 6.92 Å². The van der Waals surface area contributed by atoms with Crippen LogP contribution in [-0.4, -0.2) is 37.1 Å². The lowest BCUT2D eigenvalue weighted by Gasteiger charge is -2.40. The molecule has 1 aliphatic rings. The Morgan fingerprint density at radius 2 is 2.00 bits per heavy atom. The van der Waals surface area contributed by atoms with Crippen molar-refractivity contribution in [2.24, 2.45) is 5.92 Å². The van der Waals surface area contributed by atoms with Crippen LogP contribution in [0.25, 0.3) is 0 Å². The summed E-state index contributed by atoms with van der Waals surface area (Å²) in [5.74, 6) is 0.297. The minimum atomic E-state index is -0.612. The van der Waals surface area contributed by atoms with Crippen molar-refractivity contribution >= 4 is 11.6 Å². The fourth-order valence-electron chi connectivity index (χ4n) is 2.75. The normalized spacial score (nSPS) is 33.1. The molecule has 106 valence electrons. The summed E-state index contributed by atoms with van der Waals surface area (Å²) in [6.45, 7) is 4.69. The summed E-state index contributed by atoms with van der Waals surface area (Å²) in [4.78, 5) is 0. The second-order valence-electron chi connectivity index (χ2n) is 5.31. The van der Waals surface area contributed by atoms with E-state index in [0.717, 1.165) is 5.56 Å². The Balaban J connectivity index is 2.14. The van der Waals surface area contributed by atoms with E-state index >= 15 is 0 Å². The number of aliphatic hydroxyl groups is 1. The molecule has 0 spiro atoms. The quantitative estimate of drug-likeness (QED) is 0.928. The fourth-order valence-corrected chi connectivity index (χ4v) is 2.87. The number of hydrogen-bond donors (Lipinski definition) is 1. The molecule has 19 heavy (non-hydrogen) atoms. The van der Waals surface area contributed by atoms with Crippen molar-refractivity contribution in [2.75, 3.05) is 13.7 Å². The van der Waals surface area contributed by atoms with E-state index < -0.39 is 6.10 Å². The molecule has 0 radical (unpaired) electrons. The summed E-state index contributed by atoms with van der Waals surface area (Å²) in [6.07, 6.45) is -1.03. The highest BCUT2D eigenvalue weighted by Crippen LogP contribution is 2.32. The zero-order valence-electron chi connectivity index (χ0n) is 11.5. The van der Waals surface area contributed by atoms with E-state index in [0.29, 0.717) is 11.6 Å². The van der Waals surface area contributed by atoms with E-state index in [1.54, 1.807) is 7.11 Å². The van der Waals surface area contributed by atoms with Crippen molar-refractivity contribution in [3.63, 3.8) is 0 Å². The van der Waals surface area contributed by atoms with Gasteiger partial charge in [-0.3, -0.25) is 0 Å². The summed E-state index contributed by atoms with van der Waals surface area (Å²) in [7, 11) is 1.64. The van der Waals surface area contributed by atoms with Gasteiger partial charge in [-0.25, -0.2) is 0 Å². The van der Waals surface area contributed by atoms with E-state index in [4.69, 9.17) is 21.1 Å². The summed E-state index contributed by atoms with van der Waals surface area (Å²) >= 11 is 5.89. The minimum Gasteiger partial charge on any atom is -0.388 e. The zero-order chi connectivity index (χ0) is 14.0. The summed E-state index contributed by atoms with van der Waals surface area (Å²) in [6, 6.07) is 7.67. The van der Waals surface area contributed by atoms with Gasteiger partial charge in [0.1, 0.15) is 6.10 Å². The van der Waals surface area contributed by atoms with Gasteiger partial charge in [0.2, 0.25) is 0 Å². The Bertz CT molecular complexity index is 406. The van der Waals surface area contributed by atoms with Crippen LogP contribution in [0.1, 0.15) is 25.3 Å². The molecule has 1 aromatic carbocycles. The molecule has 0 bridgehead atoms. The largest absolute Gasteiger partial charge is 0.388 e. The molecule has 5 atom stereocenters. The fraction of sp³-hybridized carbons (Fsp3) is 0.600. The van der Waals surface area contributed by atoms with Gasteiger partial charge in [0, 0.05) is 24.0 Å². The van der Waals surface area contributed by atoms with Crippen LogP contribution in [0.3, 0.4) is 0 Å². The van der Waals surface area contributed by atoms with E-state index in [9.17, 15) is 5.11 Å². The van der Waals surface area contributed by atoms with E-state index in [1.807, 2.05) is 31.2 Å². The van der Waals surface area contributed by atoms with Gasteiger partial charge in [0.25, 0.3) is 0 Å². The van der Waals surface area contributed by atoms with Crippen LogP contribution in [0.4, 0.5) is 0 Å². The van der Waals surface area contributed by atoms with Gasteiger partial charge in [-0.2, -0.15) is 0 Å². The Hall–Kier alpha value is -0.610. The lowest BCUT2D eigenvalue weighted by atomic mass is 9.84. The first-order chi connectivity index (χ1) is 9.04. The van der Waals surface area contributed by atoms with Crippen LogP contribution in [0.2, 0.25) is 5.02 Å². The van der Waals surface area contributed by atoms with Crippen LogP contribution in [-0.2, 0) is 9.47 Å². The van der Waals surface area contributed by atoms with Crippen LogP contribution < -0.4 is 0 Å². The molecule has 1 aromatic rings. The SMILES string of the molecule is COC1C(C)COC(C(C)c2ccc(Cl)cc2)C1O. The monoisotopic (exact) mass is 284 g/mol. The number of hydrogen-bond acceptors (Lipinski definition) is 3. The average Bonchev–Trinajstić information content (AvgIpc) is 2.39. The molecule has 0 saturated carbocycles. The molecule has 4 heteroatoms. The number of ether oxygens (including phenoxy) is 2. The second kappa shape index (κ2) is 6.23. The van der Waals surface area contributed by atoms with Gasteiger partial charge >= 0.3 is 0 Å². The smallest absolute Gasteiger partial charge is 0.107 e. The molecule has 1 N–H and O–H groups in total. The highest BCUT2D eigenvalue weighted by atomic mass is 35.5. The maximum absolute atomic E-state index is 10.4. The molecular formula is C15H21ClO3. The topological polar surface area (TPSA) is 38.7 Å². The van der Waals surface area contributed by atoms with Crippen molar-refractivity contribution in [1.29, 1.82) is 0 Å². The predicted molar refractivity (Wildman–Crippen MR) is 75.6 cm³/mol. The second-order valence-corrected chi connectivity index (χ2v) is 5.74. The van der Waals surface area contributed by atoms with Crippen LogP contribution in [0, 0.1) is 5.92 Å². The number of aliphatic hydroxyl groups excluding tert-OH is 1. The van der Waals surface area contributed by atoms with Crippen molar-refractivity contribution in [3.8, 4) is 0 Å².